The van der Waals surface area contributed by atoms with Gasteiger partial charge in [0.05, 0.1) is 6.61 Å². The predicted molar refractivity (Wildman–Crippen MR) is 72.1 cm³/mol. The Morgan fingerprint density at radius 1 is 1.06 bits per heavy atom. The highest BCUT2D eigenvalue weighted by Gasteiger charge is 2.14. The van der Waals surface area contributed by atoms with E-state index in [9.17, 15) is 5.11 Å². The van der Waals surface area contributed by atoms with Gasteiger partial charge >= 0.3 is 0 Å². The lowest BCUT2D eigenvalue weighted by Gasteiger charge is -2.19. The summed E-state index contributed by atoms with van der Waals surface area (Å²) in [6.07, 6.45) is 0. The fourth-order valence-electron chi connectivity index (χ4n) is 1.77. The predicted octanol–water partition coefficient (Wildman–Crippen LogP) is 3.92. The average Bonchev–Trinajstić information content (AvgIpc) is 2.20. The van der Waals surface area contributed by atoms with E-state index in [1.54, 1.807) is 0 Å². The van der Waals surface area contributed by atoms with Gasteiger partial charge in [0.15, 0.2) is 0 Å². The molecule has 1 rings (SSSR count). The van der Waals surface area contributed by atoms with Crippen LogP contribution in [-0.4, -0.2) is 17.0 Å². The largest absolute Gasteiger partial charge is 0.396 e. The number of hydrogen-bond acceptors (Lipinski definition) is 2. The van der Waals surface area contributed by atoms with Crippen molar-refractivity contribution in [3.63, 3.8) is 0 Å². The van der Waals surface area contributed by atoms with Gasteiger partial charge in [0, 0.05) is 16.1 Å². The first-order chi connectivity index (χ1) is 7.54. The third kappa shape index (κ3) is 3.84. The molecule has 0 heterocycles. The molecule has 0 aliphatic heterocycles. The molecule has 0 amide bonds. The van der Waals surface area contributed by atoms with Crippen LogP contribution in [0.2, 0.25) is 0 Å². The van der Waals surface area contributed by atoms with Crippen LogP contribution in [0.3, 0.4) is 0 Å². The second-order valence-electron chi connectivity index (χ2n) is 4.77. The molecule has 1 nitrogen and oxygen atoms in total. The maximum Gasteiger partial charge on any atom is 0.0502 e. The smallest absolute Gasteiger partial charge is 0.0502 e. The number of aliphatic hydroxyl groups excluding tert-OH is 1. The van der Waals surface area contributed by atoms with E-state index < -0.39 is 0 Å². The Hall–Kier alpha value is -0.470. The first-order valence-corrected chi connectivity index (χ1v) is 6.80. The van der Waals surface area contributed by atoms with Crippen molar-refractivity contribution in [1.29, 1.82) is 0 Å². The van der Waals surface area contributed by atoms with Gasteiger partial charge in [-0.2, -0.15) is 0 Å². The van der Waals surface area contributed by atoms with Crippen LogP contribution in [0, 0.1) is 5.92 Å². The van der Waals surface area contributed by atoms with Crippen molar-refractivity contribution >= 4 is 11.8 Å². The van der Waals surface area contributed by atoms with Crippen molar-refractivity contribution in [3.05, 3.63) is 29.8 Å². The Balaban J connectivity index is 2.77. The second-order valence-corrected chi connectivity index (χ2v) is 6.42. The van der Waals surface area contributed by atoms with E-state index >= 15 is 0 Å². The van der Waals surface area contributed by atoms with E-state index in [1.807, 2.05) is 11.8 Å². The normalized spacial score (nSPS) is 13.4. The Bertz CT molecular complexity index is 303. The van der Waals surface area contributed by atoms with Crippen molar-refractivity contribution in [2.75, 3.05) is 6.61 Å². The molecule has 1 aromatic rings. The highest BCUT2D eigenvalue weighted by molar-refractivity contribution is 7.99. The van der Waals surface area contributed by atoms with Gasteiger partial charge in [0.25, 0.3) is 0 Å². The topological polar surface area (TPSA) is 20.2 Å². The quantitative estimate of drug-likeness (QED) is 0.785. The lowest BCUT2D eigenvalue weighted by Crippen LogP contribution is -2.10. The van der Waals surface area contributed by atoms with Crippen LogP contribution in [0.4, 0.5) is 0 Å². The summed E-state index contributed by atoms with van der Waals surface area (Å²) in [6, 6.07) is 8.60. The molecule has 0 saturated heterocycles. The van der Waals surface area contributed by atoms with Gasteiger partial charge in [0.1, 0.15) is 0 Å². The molecule has 90 valence electrons. The molecule has 1 unspecified atom stereocenters. The standard InChI is InChI=1S/C14H22OS/c1-10(2)14(9-15)12-5-7-13(8-6-12)16-11(3)4/h5-8,10-11,14-15H,9H2,1-4H3. The third-order valence-corrected chi connectivity index (χ3v) is 3.70. The Morgan fingerprint density at radius 3 is 2.00 bits per heavy atom. The van der Waals surface area contributed by atoms with E-state index in [1.165, 1.54) is 10.5 Å². The molecule has 0 saturated carbocycles. The molecular formula is C14H22OS. The summed E-state index contributed by atoms with van der Waals surface area (Å²) in [6.45, 7) is 8.93. The maximum absolute atomic E-state index is 9.36. The van der Waals surface area contributed by atoms with Crippen molar-refractivity contribution in [2.45, 2.75) is 43.8 Å². The number of aliphatic hydroxyl groups is 1. The minimum Gasteiger partial charge on any atom is -0.396 e. The Morgan fingerprint density at radius 2 is 1.62 bits per heavy atom. The Labute approximate surface area is 103 Å². The molecule has 0 fully saturated rings. The lowest BCUT2D eigenvalue weighted by atomic mass is 9.89. The van der Waals surface area contributed by atoms with Gasteiger partial charge in [0.2, 0.25) is 0 Å². The number of rotatable bonds is 5. The van der Waals surface area contributed by atoms with Crippen LogP contribution in [0.25, 0.3) is 0 Å². The van der Waals surface area contributed by atoms with Crippen LogP contribution in [0.5, 0.6) is 0 Å². The van der Waals surface area contributed by atoms with Gasteiger partial charge in [-0.3, -0.25) is 0 Å². The van der Waals surface area contributed by atoms with Crippen molar-refractivity contribution in [1.82, 2.24) is 0 Å². The summed E-state index contributed by atoms with van der Waals surface area (Å²) in [4.78, 5) is 1.30. The summed E-state index contributed by atoms with van der Waals surface area (Å²) in [5.74, 6) is 0.742. The van der Waals surface area contributed by atoms with Crippen molar-refractivity contribution < 1.29 is 5.11 Å². The highest BCUT2D eigenvalue weighted by Crippen LogP contribution is 2.28. The van der Waals surface area contributed by atoms with E-state index in [0.717, 1.165) is 0 Å². The van der Waals surface area contributed by atoms with Gasteiger partial charge in [-0.05, 0) is 23.6 Å². The van der Waals surface area contributed by atoms with Crippen LogP contribution in [-0.2, 0) is 0 Å². The van der Waals surface area contributed by atoms with Crippen LogP contribution in [0.15, 0.2) is 29.2 Å². The fourth-order valence-corrected chi connectivity index (χ4v) is 2.60. The molecule has 0 aromatic heterocycles. The second kappa shape index (κ2) is 6.31. The summed E-state index contributed by atoms with van der Waals surface area (Å²) in [5, 5.41) is 9.97. The highest BCUT2D eigenvalue weighted by atomic mass is 32.2. The van der Waals surface area contributed by atoms with Gasteiger partial charge in [-0.15, -0.1) is 11.8 Å². The first-order valence-electron chi connectivity index (χ1n) is 5.92. The average molecular weight is 238 g/mol. The van der Waals surface area contributed by atoms with Crippen molar-refractivity contribution in [2.24, 2.45) is 5.92 Å². The minimum absolute atomic E-state index is 0.230. The van der Waals surface area contributed by atoms with E-state index in [2.05, 4.69) is 52.0 Å². The maximum atomic E-state index is 9.36. The third-order valence-electron chi connectivity index (χ3n) is 2.68. The number of benzene rings is 1. The molecule has 16 heavy (non-hydrogen) atoms. The molecule has 0 aliphatic carbocycles. The Kier molecular flexibility index (Phi) is 5.36. The summed E-state index contributed by atoms with van der Waals surface area (Å²) >= 11 is 1.87. The first kappa shape index (κ1) is 13.6. The minimum atomic E-state index is 0.230. The summed E-state index contributed by atoms with van der Waals surface area (Å²) in [5.41, 5.74) is 1.24. The number of hydrogen-bond donors (Lipinski definition) is 1. The lowest BCUT2D eigenvalue weighted by molar-refractivity contribution is 0.237. The van der Waals surface area contributed by atoms with E-state index in [0.29, 0.717) is 11.2 Å². The molecule has 0 aliphatic rings. The molecule has 1 N–H and O–H groups in total. The zero-order valence-electron chi connectivity index (χ0n) is 10.6. The van der Waals surface area contributed by atoms with Gasteiger partial charge in [-0.25, -0.2) is 0 Å². The van der Waals surface area contributed by atoms with E-state index in [4.69, 9.17) is 0 Å². The molecule has 2 heteroatoms. The number of thioether (sulfide) groups is 1. The molecule has 0 spiro atoms. The van der Waals surface area contributed by atoms with Gasteiger partial charge in [-0.1, -0.05) is 39.8 Å². The zero-order chi connectivity index (χ0) is 12.1. The molecule has 1 aromatic carbocycles. The van der Waals surface area contributed by atoms with Gasteiger partial charge < -0.3 is 5.11 Å². The van der Waals surface area contributed by atoms with Crippen molar-refractivity contribution in [3.8, 4) is 0 Å². The van der Waals surface area contributed by atoms with Crippen LogP contribution in [0.1, 0.15) is 39.2 Å². The van der Waals surface area contributed by atoms with Crippen LogP contribution >= 0.6 is 11.8 Å². The molecule has 0 bridgehead atoms. The summed E-state index contributed by atoms with van der Waals surface area (Å²) in [7, 11) is 0. The molecule has 0 radical (unpaired) electrons. The summed E-state index contributed by atoms with van der Waals surface area (Å²) < 4.78 is 0. The fraction of sp³-hybridized carbons (Fsp3) is 0.571. The van der Waals surface area contributed by atoms with Crippen LogP contribution < -0.4 is 0 Å². The monoisotopic (exact) mass is 238 g/mol. The van der Waals surface area contributed by atoms with E-state index in [-0.39, 0.29) is 12.5 Å². The zero-order valence-corrected chi connectivity index (χ0v) is 11.4. The molecular weight excluding hydrogens is 216 g/mol. The molecule has 1 atom stereocenters. The SMILES string of the molecule is CC(C)Sc1ccc(C(CO)C(C)C)cc1.